The fourth-order valence-electron chi connectivity index (χ4n) is 2.93. The molecular formula is C24H22Cl2O3S. The normalized spacial score (nSPS) is 11.1. The molecule has 0 aliphatic heterocycles. The zero-order valence-electron chi connectivity index (χ0n) is 16.8. The molecule has 6 heteroatoms. The molecule has 0 aliphatic carbocycles. The number of carbonyl (C=O) groups excluding carboxylic acids is 1. The third kappa shape index (κ3) is 5.66. The summed E-state index contributed by atoms with van der Waals surface area (Å²) < 4.78 is 11.3. The molecule has 3 nitrogen and oxygen atoms in total. The Kier molecular flexibility index (Phi) is 7.97. The van der Waals surface area contributed by atoms with Crippen LogP contribution in [0, 0.1) is 0 Å². The average Bonchev–Trinajstić information content (AvgIpc) is 3.21. The highest BCUT2D eigenvalue weighted by Gasteiger charge is 2.10. The quantitative estimate of drug-likeness (QED) is 0.245. The summed E-state index contributed by atoms with van der Waals surface area (Å²) in [5.41, 5.74) is 1.70. The van der Waals surface area contributed by atoms with E-state index in [0.29, 0.717) is 21.5 Å². The second kappa shape index (κ2) is 10.7. The first-order valence-corrected chi connectivity index (χ1v) is 11.1. The number of hydrogen-bond donors (Lipinski definition) is 0. The van der Waals surface area contributed by atoms with Crippen LogP contribution in [0.3, 0.4) is 0 Å². The lowest BCUT2D eigenvalue weighted by Crippen LogP contribution is -2.00. The van der Waals surface area contributed by atoms with Gasteiger partial charge < -0.3 is 9.47 Å². The molecule has 0 aliphatic rings. The van der Waals surface area contributed by atoms with Gasteiger partial charge in [0, 0.05) is 10.4 Å². The molecule has 3 aromatic rings. The zero-order valence-corrected chi connectivity index (χ0v) is 19.1. The molecule has 0 amide bonds. The Morgan fingerprint density at radius 2 is 1.87 bits per heavy atom. The second-order valence-electron chi connectivity index (χ2n) is 6.62. The van der Waals surface area contributed by atoms with Crippen molar-refractivity contribution in [1.82, 2.24) is 0 Å². The number of halogens is 2. The van der Waals surface area contributed by atoms with Crippen LogP contribution in [-0.2, 0) is 13.0 Å². The molecule has 0 spiro atoms. The number of rotatable bonds is 9. The number of thiophene rings is 1. The van der Waals surface area contributed by atoms with E-state index < -0.39 is 0 Å². The molecule has 1 aromatic heterocycles. The van der Waals surface area contributed by atoms with Crippen molar-refractivity contribution in [3.05, 3.63) is 85.5 Å². The number of para-hydroxylation sites is 1. The number of ether oxygens (including phenoxy) is 2. The predicted molar refractivity (Wildman–Crippen MR) is 125 cm³/mol. The van der Waals surface area contributed by atoms with Crippen molar-refractivity contribution < 1.29 is 14.3 Å². The molecular weight excluding hydrogens is 439 g/mol. The molecule has 0 atom stereocenters. The van der Waals surface area contributed by atoms with Crippen molar-refractivity contribution >= 4 is 46.4 Å². The molecule has 0 bridgehead atoms. The topological polar surface area (TPSA) is 35.5 Å². The van der Waals surface area contributed by atoms with Crippen molar-refractivity contribution in [2.24, 2.45) is 0 Å². The lowest BCUT2D eigenvalue weighted by atomic mass is 10.1. The Morgan fingerprint density at radius 3 is 2.57 bits per heavy atom. The first kappa shape index (κ1) is 22.4. The third-order valence-corrected chi connectivity index (χ3v) is 6.18. The first-order valence-electron chi connectivity index (χ1n) is 9.56. The molecule has 3 rings (SSSR count). The van der Waals surface area contributed by atoms with Crippen molar-refractivity contribution in [3.8, 4) is 11.5 Å². The summed E-state index contributed by atoms with van der Waals surface area (Å²) in [6, 6.07) is 14.8. The van der Waals surface area contributed by atoms with Gasteiger partial charge >= 0.3 is 0 Å². The van der Waals surface area contributed by atoms with Crippen LogP contribution in [0.1, 0.15) is 39.0 Å². The largest absolute Gasteiger partial charge is 0.496 e. The SMILES string of the molecule is CCCc1ccc(C(=O)/C=C/c2ccc(OC)c(COc3c(Cl)cccc3Cl)c2)s1. The molecule has 2 aromatic carbocycles. The average molecular weight is 461 g/mol. The van der Waals surface area contributed by atoms with Crippen molar-refractivity contribution in [3.63, 3.8) is 0 Å². The highest BCUT2D eigenvalue weighted by molar-refractivity contribution is 7.14. The Bertz CT molecular complexity index is 1040. The number of aryl methyl sites for hydroxylation is 1. The zero-order chi connectivity index (χ0) is 21.5. The number of ketones is 1. The van der Waals surface area contributed by atoms with Crippen LogP contribution < -0.4 is 9.47 Å². The van der Waals surface area contributed by atoms with Crippen LogP contribution in [0.4, 0.5) is 0 Å². The monoisotopic (exact) mass is 460 g/mol. The minimum Gasteiger partial charge on any atom is -0.496 e. The summed E-state index contributed by atoms with van der Waals surface area (Å²) in [5.74, 6) is 1.11. The number of allylic oxidation sites excluding steroid dienone is 1. The van der Waals surface area contributed by atoms with Gasteiger partial charge in [-0.05, 0) is 54.5 Å². The lowest BCUT2D eigenvalue weighted by Gasteiger charge is -2.13. The fourth-order valence-corrected chi connectivity index (χ4v) is 4.47. The van der Waals surface area contributed by atoms with Gasteiger partial charge in [-0.25, -0.2) is 0 Å². The summed E-state index contributed by atoms with van der Waals surface area (Å²) in [5, 5.41) is 0.892. The van der Waals surface area contributed by atoms with Crippen LogP contribution in [0.25, 0.3) is 6.08 Å². The Balaban J connectivity index is 1.74. The van der Waals surface area contributed by atoms with Crippen LogP contribution >= 0.6 is 34.5 Å². The van der Waals surface area contributed by atoms with E-state index in [1.807, 2.05) is 30.3 Å². The highest BCUT2D eigenvalue weighted by atomic mass is 35.5. The summed E-state index contributed by atoms with van der Waals surface area (Å²) in [4.78, 5) is 14.5. The van der Waals surface area contributed by atoms with E-state index in [4.69, 9.17) is 32.7 Å². The van der Waals surface area contributed by atoms with Crippen molar-refractivity contribution in [1.29, 1.82) is 0 Å². The molecule has 1 heterocycles. The van der Waals surface area contributed by atoms with Crippen LogP contribution in [0.2, 0.25) is 10.0 Å². The third-order valence-electron chi connectivity index (χ3n) is 4.42. The number of hydrogen-bond acceptors (Lipinski definition) is 4. The van der Waals surface area contributed by atoms with Crippen molar-refractivity contribution in [2.45, 2.75) is 26.4 Å². The number of methoxy groups -OCH3 is 1. The molecule has 0 fully saturated rings. The molecule has 0 radical (unpaired) electrons. The van der Waals surface area contributed by atoms with Gasteiger partial charge in [0.2, 0.25) is 0 Å². The van der Waals surface area contributed by atoms with Gasteiger partial charge in [0.05, 0.1) is 22.0 Å². The van der Waals surface area contributed by atoms with E-state index in [-0.39, 0.29) is 12.4 Å². The molecule has 0 N–H and O–H groups in total. The van der Waals surface area contributed by atoms with E-state index in [9.17, 15) is 4.79 Å². The van der Waals surface area contributed by atoms with Gasteiger partial charge in [-0.3, -0.25) is 4.79 Å². The molecule has 0 saturated carbocycles. The van der Waals surface area contributed by atoms with Crippen LogP contribution in [0.15, 0.2) is 54.6 Å². The minimum atomic E-state index is -0.00109. The van der Waals surface area contributed by atoms with Gasteiger partial charge in [-0.15, -0.1) is 11.3 Å². The molecule has 156 valence electrons. The van der Waals surface area contributed by atoms with E-state index in [1.165, 1.54) is 4.88 Å². The fraction of sp³-hybridized carbons (Fsp3) is 0.208. The van der Waals surface area contributed by atoms with E-state index in [2.05, 4.69) is 6.92 Å². The minimum absolute atomic E-state index is 0.00109. The molecule has 0 saturated heterocycles. The van der Waals surface area contributed by atoms with Gasteiger partial charge in [0.25, 0.3) is 0 Å². The first-order chi connectivity index (χ1) is 14.5. The van der Waals surface area contributed by atoms with Crippen LogP contribution in [-0.4, -0.2) is 12.9 Å². The van der Waals surface area contributed by atoms with Gasteiger partial charge in [-0.2, -0.15) is 0 Å². The number of benzene rings is 2. The summed E-state index contributed by atoms with van der Waals surface area (Å²) in [6.07, 6.45) is 5.46. The maximum absolute atomic E-state index is 12.5. The summed E-state index contributed by atoms with van der Waals surface area (Å²) in [7, 11) is 1.60. The maximum Gasteiger partial charge on any atom is 0.195 e. The molecule has 0 unspecified atom stereocenters. The Morgan fingerprint density at radius 1 is 1.10 bits per heavy atom. The van der Waals surface area contributed by atoms with Crippen molar-refractivity contribution in [2.75, 3.05) is 7.11 Å². The Hall–Kier alpha value is -2.27. The Labute approximate surface area is 190 Å². The smallest absolute Gasteiger partial charge is 0.195 e. The second-order valence-corrected chi connectivity index (χ2v) is 8.61. The standard InChI is InChI=1S/C24H22Cl2O3S/c1-3-5-18-10-13-23(30-18)21(27)11-8-16-9-12-22(28-2)17(14-16)15-29-24-19(25)6-4-7-20(24)26/h4,6-14H,3,5,15H2,1-2H3/b11-8+. The maximum atomic E-state index is 12.5. The van der Waals surface area contributed by atoms with Gasteiger partial charge in [0.15, 0.2) is 11.5 Å². The van der Waals surface area contributed by atoms with E-state index in [1.54, 1.807) is 48.8 Å². The lowest BCUT2D eigenvalue weighted by molar-refractivity contribution is 0.105. The summed E-state index contributed by atoms with van der Waals surface area (Å²) in [6.45, 7) is 2.36. The van der Waals surface area contributed by atoms with E-state index in [0.717, 1.165) is 28.8 Å². The molecule has 30 heavy (non-hydrogen) atoms. The summed E-state index contributed by atoms with van der Waals surface area (Å²) >= 11 is 13.9. The highest BCUT2D eigenvalue weighted by Crippen LogP contribution is 2.34. The predicted octanol–water partition coefficient (Wildman–Crippen LogP) is 7.49. The van der Waals surface area contributed by atoms with E-state index >= 15 is 0 Å². The van der Waals surface area contributed by atoms with Gasteiger partial charge in [0.1, 0.15) is 12.4 Å². The van der Waals surface area contributed by atoms with Crippen LogP contribution in [0.5, 0.6) is 11.5 Å². The van der Waals surface area contributed by atoms with Gasteiger partial charge in [-0.1, -0.05) is 54.8 Å². The number of carbonyl (C=O) groups is 1.